The van der Waals surface area contributed by atoms with Crippen molar-refractivity contribution in [1.82, 2.24) is 15.0 Å². The average Bonchev–Trinajstić information content (AvgIpc) is 3.72. The van der Waals surface area contributed by atoms with E-state index in [1.807, 2.05) is 54.6 Å². The SMILES string of the molecule is c1ccc(-c2ccc(-c3nc(-c4ccc5cc6c(cc5c4)oc4ccccc46)nc(-c4cccc5oc6ccccc6c45)n3)cc2)cc1. The molecular weight excluding hydrogens is 590 g/mol. The second kappa shape index (κ2) is 10.5. The van der Waals surface area contributed by atoms with Crippen molar-refractivity contribution in [2.45, 2.75) is 0 Å². The number of furan rings is 2. The number of aromatic nitrogens is 3. The lowest BCUT2D eigenvalue weighted by atomic mass is 10.0. The predicted molar refractivity (Wildman–Crippen MR) is 194 cm³/mol. The molecule has 3 heterocycles. The molecule has 0 aliphatic rings. The van der Waals surface area contributed by atoms with Gasteiger partial charge in [-0.3, -0.25) is 0 Å². The maximum absolute atomic E-state index is 6.22. The van der Waals surface area contributed by atoms with Crippen LogP contribution < -0.4 is 0 Å². The summed E-state index contributed by atoms with van der Waals surface area (Å²) in [5.74, 6) is 1.79. The van der Waals surface area contributed by atoms with E-state index >= 15 is 0 Å². The first-order valence-corrected chi connectivity index (χ1v) is 15.9. The molecule has 0 amide bonds. The normalized spacial score (nSPS) is 11.8. The van der Waals surface area contributed by atoms with E-state index in [9.17, 15) is 0 Å². The van der Waals surface area contributed by atoms with Gasteiger partial charge in [0.05, 0.1) is 0 Å². The fourth-order valence-corrected chi connectivity index (χ4v) is 6.77. The van der Waals surface area contributed by atoms with Crippen LogP contribution in [0.3, 0.4) is 0 Å². The summed E-state index contributed by atoms with van der Waals surface area (Å²) in [6.07, 6.45) is 0. The van der Waals surface area contributed by atoms with Crippen LogP contribution in [0.2, 0.25) is 0 Å². The van der Waals surface area contributed by atoms with Gasteiger partial charge in [0.25, 0.3) is 0 Å². The molecule has 224 valence electrons. The lowest BCUT2D eigenvalue weighted by Gasteiger charge is -2.10. The summed E-state index contributed by atoms with van der Waals surface area (Å²) in [5.41, 5.74) is 8.37. The Kier molecular flexibility index (Phi) is 5.81. The molecule has 0 saturated heterocycles. The van der Waals surface area contributed by atoms with Crippen molar-refractivity contribution in [1.29, 1.82) is 0 Å². The summed E-state index contributed by atoms with van der Waals surface area (Å²) in [6.45, 7) is 0. The first-order chi connectivity index (χ1) is 23.7. The van der Waals surface area contributed by atoms with Gasteiger partial charge < -0.3 is 8.83 Å². The first kappa shape index (κ1) is 26.6. The van der Waals surface area contributed by atoms with Crippen LogP contribution in [0, 0.1) is 0 Å². The van der Waals surface area contributed by atoms with Crippen LogP contribution in [0.15, 0.2) is 160 Å². The first-order valence-electron chi connectivity index (χ1n) is 15.9. The van der Waals surface area contributed by atoms with Gasteiger partial charge in [-0.25, -0.2) is 15.0 Å². The highest BCUT2D eigenvalue weighted by Gasteiger charge is 2.18. The number of fused-ring (bicyclic) bond motifs is 7. The average molecular weight is 616 g/mol. The van der Waals surface area contributed by atoms with Gasteiger partial charge in [0.15, 0.2) is 17.5 Å². The molecule has 48 heavy (non-hydrogen) atoms. The zero-order chi connectivity index (χ0) is 31.6. The topological polar surface area (TPSA) is 65.0 Å². The largest absolute Gasteiger partial charge is 0.456 e. The quantitative estimate of drug-likeness (QED) is 0.197. The number of benzene rings is 7. The molecule has 0 aliphatic heterocycles. The molecule has 0 spiro atoms. The van der Waals surface area contributed by atoms with E-state index in [1.54, 1.807) is 0 Å². The molecule has 5 heteroatoms. The zero-order valence-electron chi connectivity index (χ0n) is 25.6. The van der Waals surface area contributed by atoms with Gasteiger partial charge in [-0.15, -0.1) is 0 Å². The van der Waals surface area contributed by atoms with E-state index in [-0.39, 0.29) is 0 Å². The van der Waals surface area contributed by atoms with Gasteiger partial charge in [-0.2, -0.15) is 0 Å². The summed E-state index contributed by atoms with van der Waals surface area (Å²) in [6, 6.07) is 51.7. The molecule has 3 aromatic heterocycles. The van der Waals surface area contributed by atoms with Crippen LogP contribution in [0.1, 0.15) is 0 Å². The molecule has 0 aliphatic carbocycles. The van der Waals surface area contributed by atoms with Gasteiger partial charge in [-0.1, -0.05) is 115 Å². The third-order valence-electron chi connectivity index (χ3n) is 9.12. The van der Waals surface area contributed by atoms with Crippen molar-refractivity contribution in [3.05, 3.63) is 152 Å². The molecule has 10 rings (SSSR count). The molecule has 0 bridgehead atoms. The van der Waals surface area contributed by atoms with E-state index in [2.05, 4.69) is 97.1 Å². The Balaban J connectivity index is 1.17. The predicted octanol–water partition coefficient (Wildman–Crippen LogP) is 11.5. The van der Waals surface area contributed by atoms with Crippen LogP contribution in [0.25, 0.3) is 99.9 Å². The van der Waals surface area contributed by atoms with E-state index in [1.165, 1.54) is 0 Å². The molecule has 0 radical (unpaired) electrons. The van der Waals surface area contributed by atoms with Crippen LogP contribution in [-0.4, -0.2) is 15.0 Å². The van der Waals surface area contributed by atoms with Gasteiger partial charge in [-0.05, 0) is 58.3 Å². The van der Waals surface area contributed by atoms with Gasteiger partial charge in [0.1, 0.15) is 22.3 Å². The molecule has 0 saturated carbocycles. The molecule has 10 aromatic rings. The second-order valence-corrected chi connectivity index (χ2v) is 12.0. The molecular formula is C43H25N3O2. The third-order valence-corrected chi connectivity index (χ3v) is 9.12. The number of hydrogen-bond donors (Lipinski definition) is 0. The van der Waals surface area contributed by atoms with Gasteiger partial charge in [0, 0.05) is 38.2 Å². The standard InChI is InChI=1S/C43H25N3O2/c1-2-9-26(10-3-1)27-17-19-28(20-18-27)41-44-42(46-43(45-41)34-13-8-16-38-40(34)33-12-5-7-15-37(33)47-38)30-22-21-29-24-35-32-11-4-6-14-36(32)48-39(35)25-31(29)23-30/h1-25H. The monoisotopic (exact) mass is 615 g/mol. The number of para-hydroxylation sites is 2. The molecule has 0 N–H and O–H groups in total. The van der Waals surface area contributed by atoms with Crippen LogP contribution in [0.4, 0.5) is 0 Å². The van der Waals surface area contributed by atoms with Gasteiger partial charge in [0.2, 0.25) is 0 Å². The van der Waals surface area contributed by atoms with Crippen molar-refractivity contribution in [2.24, 2.45) is 0 Å². The molecule has 0 fully saturated rings. The van der Waals surface area contributed by atoms with Crippen LogP contribution in [-0.2, 0) is 0 Å². The minimum absolute atomic E-state index is 0.590. The Bertz CT molecular complexity index is 2830. The molecule has 7 aromatic carbocycles. The minimum Gasteiger partial charge on any atom is -0.456 e. The number of hydrogen-bond acceptors (Lipinski definition) is 5. The van der Waals surface area contributed by atoms with Crippen molar-refractivity contribution in [2.75, 3.05) is 0 Å². The van der Waals surface area contributed by atoms with Crippen LogP contribution >= 0.6 is 0 Å². The Morgan fingerprint density at radius 2 is 0.938 bits per heavy atom. The summed E-state index contributed by atoms with van der Waals surface area (Å²) in [5, 5.41) is 6.41. The highest BCUT2D eigenvalue weighted by atomic mass is 16.3. The Morgan fingerprint density at radius 3 is 1.77 bits per heavy atom. The number of rotatable bonds is 4. The summed E-state index contributed by atoms with van der Waals surface area (Å²) >= 11 is 0. The lowest BCUT2D eigenvalue weighted by Crippen LogP contribution is -2.00. The van der Waals surface area contributed by atoms with Crippen LogP contribution in [0.5, 0.6) is 0 Å². The summed E-state index contributed by atoms with van der Waals surface area (Å²) < 4.78 is 12.4. The van der Waals surface area contributed by atoms with Crippen molar-refractivity contribution in [3.63, 3.8) is 0 Å². The second-order valence-electron chi connectivity index (χ2n) is 12.0. The third kappa shape index (κ3) is 4.29. The van der Waals surface area contributed by atoms with E-state index in [0.717, 1.165) is 82.5 Å². The van der Waals surface area contributed by atoms with Crippen molar-refractivity contribution < 1.29 is 8.83 Å². The zero-order valence-corrected chi connectivity index (χ0v) is 25.6. The summed E-state index contributed by atoms with van der Waals surface area (Å²) in [4.78, 5) is 15.3. The van der Waals surface area contributed by atoms with Gasteiger partial charge >= 0.3 is 0 Å². The Labute approximate surface area is 274 Å². The lowest BCUT2D eigenvalue weighted by molar-refractivity contribution is 0.669. The molecule has 5 nitrogen and oxygen atoms in total. The molecule has 0 atom stereocenters. The maximum atomic E-state index is 6.22. The van der Waals surface area contributed by atoms with Crippen molar-refractivity contribution in [3.8, 4) is 45.3 Å². The van der Waals surface area contributed by atoms with Crippen molar-refractivity contribution >= 4 is 54.6 Å². The maximum Gasteiger partial charge on any atom is 0.164 e. The minimum atomic E-state index is 0.590. The summed E-state index contributed by atoms with van der Waals surface area (Å²) in [7, 11) is 0. The highest BCUT2D eigenvalue weighted by Crippen LogP contribution is 2.38. The van der Waals surface area contributed by atoms with E-state index in [0.29, 0.717) is 17.5 Å². The van der Waals surface area contributed by atoms with E-state index in [4.69, 9.17) is 23.8 Å². The Morgan fingerprint density at radius 1 is 0.333 bits per heavy atom. The highest BCUT2D eigenvalue weighted by molar-refractivity contribution is 6.12. The fourth-order valence-electron chi connectivity index (χ4n) is 6.77. The smallest absolute Gasteiger partial charge is 0.164 e. The van der Waals surface area contributed by atoms with E-state index < -0.39 is 0 Å². The fraction of sp³-hybridized carbons (Fsp3) is 0. The molecule has 0 unspecified atom stereocenters. The number of nitrogens with zero attached hydrogens (tertiary/aromatic N) is 3. The Hall–Kier alpha value is -6.59.